The highest BCUT2D eigenvalue weighted by molar-refractivity contribution is 5.77. The molecule has 2 atom stereocenters. The first kappa shape index (κ1) is 13.7. The number of esters is 2. The second kappa shape index (κ2) is 7.03. The first-order chi connectivity index (χ1) is 8.13. The molecule has 0 radical (unpaired) electrons. The summed E-state index contributed by atoms with van der Waals surface area (Å²) < 4.78 is 14.5. The van der Waals surface area contributed by atoms with E-state index in [1.165, 1.54) is 6.08 Å². The zero-order chi connectivity index (χ0) is 12.7. The van der Waals surface area contributed by atoms with Crippen LogP contribution in [-0.2, 0) is 23.8 Å². The summed E-state index contributed by atoms with van der Waals surface area (Å²) in [6.07, 6.45) is 1.80. The lowest BCUT2D eigenvalue weighted by Crippen LogP contribution is -2.33. The third kappa shape index (κ3) is 6.03. The summed E-state index contributed by atoms with van der Waals surface area (Å²) in [5, 5.41) is 0. The van der Waals surface area contributed by atoms with Gasteiger partial charge in [0.05, 0.1) is 6.61 Å². The Morgan fingerprint density at radius 2 is 2.24 bits per heavy atom. The molecule has 1 unspecified atom stereocenters. The van der Waals surface area contributed by atoms with E-state index in [1.54, 1.807) is 0 Å². The van der Waals surface area contributed by atoms with Crippen molar-refractivity contribution < 1.29 is 23.8 Å². The van der Waals surface area contributed by atoms with Crippen molar-refractivity contribution in [3.8, 4) is 0 Å². The molecule has 1 saturated heterocycles. The maximum Gasteiger partial charge on any atom is 0.323 e. The maximum absolute atomic E-state index is 11.2. The van der Waals surface area contributed by atoms with Crippen LogP contribution < -0.4 is 5.73 Å². The molecule has 96 valence electrons. The number of rotatable bonds is 8. The van der Waals surface area contributed by atoms with Crippen molar-refractivity contribution >= 4 is 11.9 Å². The van der Waals surface area contributed by atoms with Crippen molar-refractivity contribution in [3.63, 3.8) is 0 Å². The Bertz CT molecular complexity index is 288. The lowest BCUT2D eigenvalue weighted by Gasteiger charge is -2.09. The predicted molar refractivity (Wildman–Crippen MR) is 59.1 cm³/mol. The molecule has 1 fully saturated rings. The number of epoxide rings is 1. The number of hydrogen-bond acceptors (Lipinski definition) is 6. The molecular weight excluding hydrogens is 226 g/mol. The van der Waals surface area contributed by atoms with Gasteiger partial charge in [-0.15, -0.1) is 0 Å². The molecule has 0 amide bonds. The highest BCUT2D eigenvalue weighted by Crippen LogP contribution is 2.09. The Labute approximate surface area is 99.7 Å². The van der Waals surface area contributed by atoms with Gasteiger partial charge in [0, 0.05) is 6.42 Å². The van der Waals surface area contributed by atoms with Gasteiger partial charge in [0.25, 0.3) is 0 Å². The summed E-state index contributed by atoms with van der Waals surface area (Å²) in [6.45, 7) is 4.44. The van der Waals surface area contributed by atoms with Gasteiger partial charge in [-0.1, -0.05) is 12.7 Å². The Morgan fingerprint density at radius 3 is 2.82 bits per heavy atom. The molecule has 0 spiro atoms. The lowest BCUT2D eigenvalue weighted by atomic mass is 10.2. The van der Waals surface area contributed by atoms with Gasteiger partial charge >= 0.3 is 11.9 Å². The van der Waals surface area contributed by atoms with E-state index in [0.29, 0.717) is 6.61 Å². The number of carbonyl (C=O) groups is 2. The van der Waals surface area contributed by atoms with Crippen molar-refractivity contribution in [1.29, 1.82) is 0 Å². The molecule has 2 N–H and O–H groups in total. The lowest BCUT2D eigenvalue weighted by molar-refractivity contribution is -0.146. The fourth-order valence-corrected chi connectivity index (χ4v) is 1.06. The van der Waals surface area contributed by atoms with Crippen LogP contribution in [0.3, 0.4) is 0 Å². The summed E-state index contributed by atoms with van der Waals surface area (Å²) >= 11 is 0. The van der Waals surface area contributed by atoms with Crippen LogP contribution in [0.25, 0.3) is 0 Å². The van der Waals surface area contributed by atoms with Gasteiger partial charge in [-0.05, 0) is 6.42 Å². The molecule has 6 heteroatoms. The molecule has 1 heterocycles. The van der Waals surface area contributed by atoms with Crippen molar-refractivity contribution in [2.45, 2.75) is 25.0 Å². The molecular formula is C11H17NO5. The Morgan fingerprint density at radius 1 is 1.53 bits per heavy atom. The Kier molecular flexibility index (Phi) is 5.65. The average Bonchev–Trinajstić information content (AvgIpc) is 3.14. The van der Waals surface area contributed by atoms with Gasteiger partial charge in [-0.3, -0.25) is 9.59 Å². The highest BCUT2D eigenvalue weighted by atomic mass is 16.6. The van der Waals surface area contributed by atoms with Crippen LogP contribution in [0.4, 0.5) is 0 Å². The van der Waals surface area contributed by atoms with Crippen molar-refractivity contribution in [2.75, 3.05) is 19.8 Å². The minimum absolute atomic E-state index is 0.0465. The van der Waals surface area contributed by atoms with Crippen LogP contribution in [0.15, 0.2) is 12.7 Å². The van der Waals surface area contributed by atoms with E-state index >= 15 is 0 Å². The number of nitrogens with two attached hydrogens (primary N) is 1. The van der Waals surface area contributed by atoms with E-state index in [-0.39, 0.29) is 38.1 Å². The molecule has 1 aliphatic rings. The monoisotopic (exact) mass is 243 g/mol. The SMILES string of the molecule is C=CCOC(=O)[C@@H](N)CCC(=O)OCC1CO1. The zero-order valence-electron chi connectivity index (χ0n) is 9.59. The number of hydrogen-bond donors (Lipinski definition) is 1. The molecule has 17 heavy (non-hydrogen) atoms. The molecule has 0 aromatic carbocycles. The molecule has 0 aromatic rings. The van der Waals surface area contributed by atoms with Crippen LogP contribution in [0.1, 0.15) is 12.8 Å². The fourth-order valence-electron chi connectivity index (χ4n) is 1.06. The van der Waals surface area contributed by atoms with E-state index in [2.05, 4.69) is 6.58 Å². The molecule has 0 aromatic heterocycles. The van der Waals surface area contributed by atoms with E-state index in [9.17, 15) is 9.59 Å². The number of carbonyl (C=O) groups excluding carboxylic acids is 2. The first-order valence-electron chi connectivity index (χ1n) is 5.44. The summed E-state index contributed by atoms with van der Waals surface area (Å²) in [5.41, 5.74) is 5.53. The predicted octanol–water partition coefficient (Wildman–Crippen LogP) is -0.235. The normalized spacial score (nSPS) is 19.2. The number of ether oxygens (including phenoxy) is 3. The van der Waals surface area contributed by atoms with Crippen LogP contribution in [-0.4, -0.2) is 43.9 Å². The third-order valence-corrected chi connectivity index (χ3v) is 2.14. The molecule has 6 nitrogen and oxygen atoms in total. The standard InChI is InChI=1S/C11H17NO5/c1-2-5-15-11(14)9(12)3-4-10(13)17-7-8-6-16-8/h2,8-9H,1,3-7,12H2/t8?,9-/m0/s1. The summed E-state index contributed by atoms with van der Waals surface area (Å²) in [5.74, 6) is -0.921. The average molecular weight is 243 g/mol. The smallest absolute Gasteiger partial charge is 0.323 e. The summed E-state index contributed by atoms with van der Waals surface area (Å²) in [4.78, 5) is 22.4. The highest BCUT2D eigenvalue weighted by Gasteiger charge is 2.24. The summed E-state index contributed by atoms with van der Waals surface area (Å²) in [6, 6.07) is -0.806. The van der Waals surface area contributed by atoms with Gasteiger partial charge < -0.3 is 19.9 Å². The Balaban J connectivity index is 2.08. The van der Waals surface area contributed by atoms with Crippen LogP contribution in [0.5, 0.6) is 0 Å². The van der Waals surface area contributed by atoms with E-state index < -0.39 is 12.0 Å². The molecule has 1 aliphatic heterocycles. The van der Waals surface area contributed by atoms with Gasteiger partial charge in [0.15, 0.2) is 0 Å². The van der Waals surface area contributed by atoms with E-state index in [1.807, 2.05) is 0 Å². The van der Waals surface area contributed by atoms with Crippen molar-refractivity contribution in [2.24, 2.45) is 5.73 Å². The van der Waals surface area contributed by atoms with E-state index in [0.717, 1.165) is 0 Å². The second-order valence-electron chi connectivity index (χ2n) is 3.70. The molecule has 1 rings (SSSR count). The largest absolute Gasteiger partial charge is 0.463 e. The third-order valence-electron chi connectivity index (χ3n) is 2.14. The van der Waals surface area contributed by atoms with Crippen molar-refractivity contribution in [1.82, 2.24) is 0 Å². The summed E-state index contributed by atoms with van der Waals surface area (Å²) in [7, 11) is 0. The maximum atomic E-state index is 11.2. The van der Waals surface area contributed by atoms with Crippen molar-refractivity contribution in [3.05, 3.63) is 12.7 Å². The minimum Gasteiger partial charge on any atom is -0.463 e. The quantitative estimate of drug-likeness (QED) is 0.359. The topological polar surface area (TPSA) is 91.2 Å². The fraction of sp³-hybridized carbons (Fsp3) is 0.636. The second-order valence-corrected chi connectivity index (χ2v) is 3.70. The zero-order valence-corrected chi connectivity index (χ0v) is 9.59. The van der Waals surface area contributed by atoms with Crippen LogP contribution in [0, 0.1) is 0 Å². The Hall–Kier alpha value is -1.40. The minimum atomic E-state index is -0.806. The van der Waals surface area contributed by atoms with Gasteiger partial charge in [0.1, 0.15) is 25.4 Å². The van der Waals surface area contributed by atoms with E-state index in [4.69, 9.17) is 19.9 Å². The van der Waals surface area contributed by atoms with Gasteiger partial charge in [-0.25, -0.2) is 0 Å². The molecule has 0 bridgehead atoms. The van der Waals surface area contributed by atoms with Gasteiger partial charge in [0.2, 0.25) is 0 Å². The van der Waals surface area contributed by atoms with Crippen LogP contribution >= 0.6 is 0 Å². The molecule has 0 aliphatic carbocycles. The van der Waals surface area contributed by atoms with Crippen LogP contribution in [0.2, 0.25) is 0 Å². The molecule has 0 saturated carbocycles. The first-order valence-corrected chi connectivity index (χ1v) is 5.44. The van der Waals surface area contributed by atoms with Gasteiger partial charge in [-0.2, -0.15) is 0 Å².